The van der Waals surface area contributed by atoms with E-state index in [1.54, 1.807) is 6.92 Å². The van der Waals surface area contributed by atoms with Gasteiger partial charge in [-0.05, 0) is 31.9 Å². The van der Waals surface area contributed by atoms with Crippen LogP contribution in [0.1, 0.15) is 48.8 Å². The molecule has 0 bridgehead atoms. The summed E-state index contributed by atoms with van der Waals surface area (Å²) in [5.41, 5.74) is 2.92. The van der Waals surface area contributed by atoms with E-state index in [1.807, 2.05) is 33.8 Å². The van der Waals surface area contributed by atoms with Crippen LogP contribution in [-0.2, 0) is 5.92 Å². The van der Waals surface area contributed by atoms with Crippen molar-refractivity contribution in [2.24, 2.45) is 0 Å². The first-order chi connectivity index (χ1) is 9.27. The van der Waals surface area contributed by atoms with E-state index in [9.17, 15) is 8.78 Å². The van der Waals surface area contributed by atoms with Crippen molar-refractivity contribution in [1.82, 2.24) is 9.97 Å². The maximum Gasteiger partial charge on any atom is 0.288 e. The third kappa shape index (κ3) is 2.51. The summed E-state index contributed by atoms with van der Waals surface area (Å²) in [5.74, 6) is -3.12. The van der Waals surface area contributed by atoms with Crippen LogP contribution in [0.3, 0.4) is 0 Å². The van der Waals surface area contributed by atoms with E-state index in [4.69, 9.17) is 5.26 Å². The molecule has 108 valence electrons. The molecule has 2 heterocycles. The molecule has 0 aliphatic carbocycles. The first-order valence-corrected chi connectivity index (χ1v) is 6.55. The van der Waals surface area contributed by atoms with Gasteiger partial charge in [0.2, 0.25) is 0 Å². The number of H-pyrrole nitrogens is 1. The zero-order valence-corrected chi connectivity index (χ0v) is 12.7. The lowest BCUT2D eigenvalue weighted by molar-refractivity contribution is 0.0127. The van der Waals surface area contributed by atoms with Crippen molar-refractivity contribution >= 4 is 11.0 Å². The number of nitrogens with zero attached hydrogens (tertiary/aromatic N) is 2. The minimum absolute atomic E-state index is 0.0451. The van der Waals surface area contributed by atoms with Gasteiger partial charge in [0.05, 0.1) is 16.6 Å². The summed E-state index contributed by atoms with van der Waals surface area (Å²) in [6.07, 6.45) is 0. The fourth-order valence-corrected chi connectivity index (χ4v) is 2.04. The lowest BCUT2D eigenvalue weighted by Gasteiger charge is -2.13. The van der Waals surface area contributed by atoms with Gasteiger partial charge in [-0.3, -0.25) is 0 Å². The van der Waals surface area contributed by atoms with Crippen LogP contribution in [0.4, 0.5) is 8.78 Å². The van der Waals surface area contributed by atoms with E-state index in [2.05, 4.69) is 9.97 Å². The molecule has 0 amide bonds. The fraction of sp³-hybridized carbons (Fsp3) is 0.467. The molecule has 20 heavy (non-hydrogen) atoms. The van der Waals surface area contributed by atoms with Crippen molar-refractivity contribution < 1.29 is 8.78 Å². The Morgan fingerprint density at radius 2 is 1.70 bits per heavy atom. The smallest absolute Gasteiger partial charge is 0.288 e. The number of aromatic amines is 1. The average molecular weight is 279 g/mol. The molecule has 0 aromatic carbocycles. The minimum atomic E-state index is -3.12. The molecule has 0 unspecified atom stereocenters. The summed E-state index contributed by atoms with van der Waals surface area (Å²) in [4.78, 5) is 7.08. The molecule has 1 N–H and O–H groups in total. The number of pyridine rings is 1. The van der Waals surface area contributed by atoms with Gasteiger partial charge in [0, 0.05) is 12.6 Å². The maximum atomic E-state index is 13.5. The number of aryl methyl sites for hydroxylation is 3. The van der Waals surface area contributed by atoms with Crippen LogP contribution >= 0.6 is 0 Å². The number of fused-ring (bicyclic) bond motifs is 1. The monoisotopic (exact) mass is 279 g/mol. The number of rotatable bonds is 1. The lowest BCUT2D eigenvalue weighted by atomic mass is 10.0. The van der Waals surface area contributed by atoms with Crippen molar-refractivity contribution in [3.63, 3.8) is 0 Å². The highest BCUT2D eigenvalue weighted by molar-refractivity contribution is 5.85. The molecule has 3 nitrogen and oxygen atoms in total. The third-order valence-electron chi connectivity index (χ3n) is 3.21. The van der Waals surface area contributed by atoms with Crippen LogP contribution in [0, 0.1) is 32.1 Å². The van der Waals surface area contributed by atoms with E-state index < -0.39 is 11.6 Å². The van der Waals surface area contributed by atoms with Gasteiger partial charge in [-0.1, -0.05) is 13.8 Å². The number of alkyl halides is 2. The van der Waals surface area contributed by atoms with E-state index in [0.717, 1.165) is 18.2 Å². The number of aromatic nitrogens is 2. The highest BCUT2D eigenvalue weighted by Crippen LogP contribution is 2.34. The Hall–Kier alpha value is -1.96. The Balaban J connectivity index is 0.000000956. The van der Waals surface area contributed by atoms with Crippen LogP contribution in [0.25, 0.3) is 11.0 Å². The van der Waals surface area contributed by atoms with E-state index in [0.29, 0.717) is 16.6 Å². The Kier molecular flexibility index (Phi) is 4.49. The molecule has 0 spiro atoms. The summed E-state index contributed by atoms with van der Waals surface area (Å²) in [7, 11) is 0. The van der Waals surface area contributed by atoms with E-state index in [1.165, 1.54) is 0 Å². The summed E-state index contributed by atoms with van der Waals surface area (Å²) in [6, 6.07) is 1.83. The lowest BCUT2D eigenvalue weighted by Crippen LogP contribution is -2.13. The van der Waals surface area contributed by atoms with Gasteiger partial charge in [0.25, 0.3) is 5.92 Å². The van der Waals surface area contributed by atoms with Crippen molar-refractivity contribution in [3.8, 4) is 6.07 Å². The Bertz CT molecular complexity index is 673. The van der Waals surface area contributed by atoms with Gasteiger partial charge in [-0.15, -0.1) is 0 Å². The second-order valence-corrected chi connectivity index (χ2v) is 4.56. The average Bonchev–Trinajstić information content (AvgIpc) is 2.68. The largest absolute Gasteiger partial charge is 0.357 e. The van der Waals surface area contributed by atoms with Crippen LogP contribution < -0.4 is 0 Å². The van der Waals surface area contributed by atoms with Gasteiger partial charge in [0.15, 0.2) is 0 Å². The topological polar surface area (TPSA) is 52.5 Å². The number of nitrogens with one attached hydrogen (secondary N) is 1. The summed E-state index contributed by atoms with van der Waals surface area (Å²) in [6.45, 7) is 10.1. The highest BCUT2D eigenvalue weighted by Gasteiger charge is 2.32. The number of nitriles is 1. The Morgan fingerprint density at radius 1 is 1.15 bits per heavy atom. The van der Waals surface area contributed by atoms with Crippen LogP contribution in [0.5, 0.6) is 0 Å². The van der Waals surface area contributed by atoms with E-state index in [-0.39, 0.29) is 5.56 Å². The minimum Gasteiger partial charge on any atom is -0.357 e. The predicted octanol–water partition coefficient (Wildman–Crippen LogP) is 4.50. The van der Waals surface area contributed by atoms with Crippen molar-refractivity contribution in [2.45, 2.75) is 47.5 Å². The van der Waals surface area contributed by atoms with E-state index >= 15 is 0 Å². The normalized spacial score (nSPS) is 10.9. The molecule has 2 rings (SSSR count). The van der Waals surface area contributed by atoms with Crippen molar-refractivity contribution in [2.75, 3.05) is 0 Å². The van der Waals surface area contributed by atoms with Crippen LogP contribution in [0.2, 0.25) is 0 Å². The van der Waals surface area contributed by atoms with Crippen LogP contribution in [0.15, 0.2) is 0 Å². The first kappa shape index (κ1) is 16.1. The number of hydrogen-bond donors (Lipinski definition) is 1. The molecule has 0 atom stereocenters. The molecular weight excluding hydrogens is 260 g/mol. The number of hydrogen-bond acceptors (Lipinski definition) is 2. The summed E-state index contributed by atoms with van der Waals surface area (Å²) < 4.78 is 27.0. The molecule has 0 fully saturated rings. The van der Waals surface area contributed by atoms with Crippen LogP contribution in [-0.4, -0.2) is 9.97 Å². The molecule has 0 saturated heterocycles. The predicted molar refractivity (Wildman–Crippen MR) is 75.9 cm³/mol. The second-order valence-electron chi connectivity index (χ2n) is 4.56. The Labute approximate surface area is 117 Å². The first-order valence-electron chi connectivity index (χ1n) is 6.55. The maximum absolute atomic E-state index is 13.5. The SMILES string of the molecule is CC.Cc1[nH]c2c(C)c(C#N)c(C(C)(F)F)nc2c1C. The molecule has 2 aromatic heterocycles. The molecule has 0 aliphatic rings. The third-order valence-corrected chi connectivity index (χ3v) is 3.21. The summed E-state index contributed by atoms with van der Waals surface area (Å²) >= 11 is 0. The number of halogens is 2. The van der Waals surface area contributed by atoms with Gasteiger partial charge >= 0.3 is 0 Å². The highest BCUT2D eigenvalue weighted by atomic mass is 19.3. The quantitative estimate of drug-likeness (QED) is 0.835. The molecule has 2 aromatic rings. The molecule has 0 saturated carbocycles. The van der Waals surface area contributed by atoms with Gasteiger partial charge in [0.1, 0.15) is 11.8 Å². The van der Waals surface area contributed by atoms with Gasteiger partial charge in [-0.25, -0.2) is 4.98 Å². The zero-order valence-electron chi connectivity index (χ0n) is 12.7. The molecule has 0 radical (unpaired) electrons. The molecule has 5 heteroatoms. The van der Waals surface area contributed by atoms with Gasteiger partial charge in [-0.2, -0.15) is 14.0 Å². The van der Waals surface area contributed by atoms with Crippen molar-refractivity contribution in [3.05, 3.63) is 28.1 Å². The zero-order chi connectivity index (χ0) is 15.7. The molecular formula is C15H19F2N3. The summed E-state index contributed by atoms with van der Waals surface area (Å²) in [5, 5.41) is 9.06. The van der Waals surface area contributed by atoms with Gasteiger partial charge < -0.3 is 4.98 Å². The fourth-order valence-electron chi connectivity index (χ4n) is 2.04. The Morgan fingerprint density at radius 3 is 2.15 bits per heavy atom. The second kappa shape index (κ2) is 5.58. The molecule has 0 aliphatic heterocycles. The standard InChI is InChI=1S/C13H13F2N3.C2H6/c1-6-8(3)17-11-7(2)9(5-16)12(13(4,14)15)18-10(6)11;1-2/h17H,1-4H3;1-2H3. The van der Waals surface area contributed by atoms with Crippen molar-refractivity contribution in [1.29, 1.82) is 5.26 Å².